The summed E-state index contributed by atoms with van der Waals surface area (Å²) in [5, 5.41) is 0.448. The van der Waals surface area contributed by atoms with Crippen molar-refractivity contribution < 1.29 is 4.74 Å². The zero-order valence-corrected chi connectivity index (χ0v) is 7.22. The van der Waals surface area contributed by atoms with E-state index in [2.05, 4.69) is 9.97 Å². The SMILES string of the molecule is CCOc1ncc(C)c(Cl)n1. The molecule has 0 unspecified atom stereocenters. The zero-order chi connectivity index (χ0) is 8.27. The summed E-state index contributed by atoms with van der Waals surface area (Å²) in [5.74, 6) is 0. The number of hydrogen-bond donors (Lipinski definition) is 0. The van der Waals surface area contributed by atoms with E-state index in [4.69, 9.17) is 16.3 Å². The quantitative estimate of drug-likeness (QED) is 0.639. The average molecular weight is 173 g/mol. The number of rotatable bonds is 2. The van der Waals surface area contributed by atoms with E-state index in [0.717, 1.165) is 5.56 Å². The molecule has 0 aliphatic heterocycles. The molecule has 1 aromatic rings. The fourth-order valence-electron chi connectivity index (χ4n) is 0.605. The highest BCUT2D eigenvalue weighted by Crippen LogP contribution is 2.13. The first-order valence-corrected chi connectivity index (χ1v) is 3.73. The molecule has 0 spiro atoms. The van der Waals surface area contributed by atoms with E-state index in [1.807, 2.05) is 13.8 Å². The second kappa shape index (κ2) is 3.53. The van der Waals surface area contributed by atoms with Crippen LogP contribution in [-0.4, -0.2) is 16.6 Å². The van der Waals surface area contributed by atoms with Gasteiger partial charge in [-0.2, -0.15) is 4.98 Å². The van der Waals surface area contributed by atoms with Gasteiger partial charge < -0.3 is 4.74 Å². The number of hydrogen-bond acceptors (Lipinski definition) is 3. The van der Waals surface area contributed by atoms with Crippen molar-refractivity contribution in [2.45, 2.75) is 13.8 Å². The highest BCUT2D eigenvalue weighted by Gasteiger charge is 1.99. The van der Waals surface area contributed by atoms with Crippen molar-refractivity contribution in [2.24, 2.45) is 0 Å². The van der Waals surface area contributed by atoms with Crippen LogP contribution < -0.4 is 4.74 Å². The van der Waals surface area contributed by atoms with E-state index < -0.39 is 0 Å². The Morgan fingerprint density at radius 1 is 1.64 bits per heavy atom. The molecule has 0 saturated heterocycles. The van der Waals surface area contributed by atoms with E-state index in [-0.39, 0.29) is 0 Å². The van der Waals surface area contributed by atoms with Crippen molar-refractivity contribution in [1.29, 1.82) is 0 Å². The van der Waals surface area contributed by atoms with Crippen LogP contribution in [0.4, 0.5) is 0 Å². The molecule has 60 valence electrons. The Balaban J connectivity index is 2.86. The number of nitrogens with zero attached hydrogens (tertiary/aromatic N) is 2. The Kier molecular flexibility index (Phi) is 2.65. The third-order valence-electron chi connectivity index (χ3n) is 1.16. The van der Waals surface area contributed by atoms with Crippen LogP contribution in [0.1, 0.15) is 12.5 Å². The van der Waals surface area contributed by atoms with E-state index in [1.54, 1.807) is 6.20 Å². The van der Waals surface area contributed by atoms with Crippen LogP contribution in [0.15, 0.2) is 6.20 Å². The topological polar surface area (TPSA) is 35.0 Å². The van der Waals surface area contributed by atoms with Gasteiger partial charge >= 0.3 is 6.01 Å². The van der Waals surface area contributed by atoms with Crippen LogP contribution in [-0.2, 0) is 0 Å². The van der Waals surface area contributed by atoms with Gasteiger partial charge in [0, 0.05) is 11.8 Å². The Labute approximate surface area is 70.4 Å². The smallest absolute Gasteiger partial charge is 0.317 e. The maximum Gasteiger partial charge on any atom is 0.317 e. The van der Waals surface area contributed by atoms with E-state index >= 15 is 0 Å². The minimum absolute atomic E-state index is 0.336. The maximum atomic E-state index is 5.72. The third kappa shape index (κ3) is 2.05. The molecule has 4 heteroatoms. The fourth-order valence-corrected chi connectivity index (χ4v) is 0.726. The summed E-state index contributed by atoms with van der Waals surface area (Å²) in [5.41, 5.74) is 0.857. The lowest BCUT2D eigenvalue weighted by Crippen LogP contribution is -1.97. The van der Waals surface area contributed by atoms with Crippen LogP contribution in [0.2, 0.25) is 5.15 Å². The molecule has 0 aromatic carbocycles. The predicted molar refractivity (Wildman–Crippen MR) is 42.9 cm³/mol. The molecule has 0 radical (unpaired) electrons. The highest BCUT2D eigenvalue weighted by atomic mass is 35.5. The molecule has 0 atom stereocenters. The molecule has 0 fully saturated rings. The maximum absolute atomic E-state index is 5.72. The molecule has 0 amide bonds. The van der Waals surface area contributed by atoms with Crippen molar-refractivity contribution in [2.75, 3.05) is 6.61 Å². The summed E-state index contributed by atoms with van der Waals surface area (Å²) < 4.78 is 5.04. The van der Waals surface area contributed by atoms with Crippen LogP contribution in [0.3, 0.4) is 0 Å². The van der Waals surface area contributed by atoms with Gasteiger partial charge in [0.1, 0.15) is 5.15 Å². The lowest BCUT2D eigenvalue weighted by atomic mass is 10.4. The van der Waals surface area contributed by atoms with Gasteiger partial charge in [-0.25, -0.2) is 4.98 Å². The monoisotopic (exact) mass is 172 g/mol. The van der Waals surface area contributed by atoms with Crippen molar-refractivity contribution in [3.8, 4) is 6.01 Å². The fraction of sp³-hybridized carbons (Fsp3) is 0.429. The minimum Gasteiger partial charge on any atom is -0.464 e. The normalized spacial score (nSPS) is 9.73. The van der Waals surface area contributed by atoms with Crippen LogP contribution in [0, 0.1) is 6.92 Å². The summed E-state index contributed by atoms with van der Waals surface area (Å²) in [4.78, 5) is 7.81. The molecule has 0 aliphatic rings. The predicted octanol–water partition coefficient (Wildman–Crippen LogP) is 1.84. The number of aryl methyl sites for hydroxylation is 1. The van der Waals surface area contributed by atoms with Crippen molar-refractivity contribution >= 4 is 11.6 Å². The Morgan fingerprint density at radius 2 is 2.36 bits per heavy atom. The first-order valence-electron chi connectivity index (χ1n) is 3.36. The van der Waals surface area contributed by atoms with Crippen LogP contribution in [0.5, 0.6) is 6.01 Å². The number of aromatic nitrogens is 2. The molecule has 11 heavy (non-hydrogen) atoms. The molecule has 1 heterocycles. The summed E-state index contributed by atoms with van der Waals surface area (Å²) in [6.07, 6.45) is 1.64. The van der Waals surface area contributed by atoms with Crippen molar-refractivity contribution in [1.82, 2.24) is 9.97 Å². The van der Waals surface area contributed by atoms with E-state index in [1.165, 1.54) is 0 Å². The molecule has 0 N–H and O–H groups in total. The number of halogens is 1. The van der Waals surface area contributed by atoms with E-state index in [9.17, 15) is 0 Å². The van der Waals surface area contributed by atoms with Gasteiger partial charge in [-0.1, -0.05) is 11.6 Å². The van der Waals surface area contributed by atoms with E-state index in [0.29, 0.717) is 17.8 Å². The molecule has 0 aliphatic carbocycles. The zero-order valence-electron chi connectivity index (χ0n) is 6.47. The third-order valence-corrected chi connectivity index (χ3v) is 1.54. The minimum atomic E-state index is 0.336. The van der Waals surface area contributed by atoms with Gasteiger partial charge in [0.2, 0.25) is 0 Å². The lowest BCUT2D eigenvalue weighted by molar-refractivity contribution is 0.312. The number of ether oxygens (including phenoxy) is 1. The van der Waals surface area contributed by atoms with Gasteiger partial charge in [0.15, 0.2) is 0 Å². The second-order valence-electron chi connectivity index (χ2n) is 2.06. The van der Waals surface area contributed by atoms with Crippen molar-refractivity contribution in [3.05, 3.63) is 16.9 Å². The van der Waals surface area contributed by atoms with Crippen LogP contribution in [0.25, 0.3) is 0 Å². The molecular weight excluding hydrogens is 164 g/mol. The van der Waals surface area contributed by atoms with Gasteiger partial charge in [-0.15, -0.1) is 0 Å². The van der Waals surface area contributed by atoms with Crippen LogP contribution >= 0.6 is 11.6 Å². The molecule has 0 saturated carbocycles. The van der Waals surface area contributed by atoms with Gasteiger partial charge in [0.05, 0.1) is 6.61 Å². The summed E-state index contributed by atoms with van der Waals surface area (Å²) in [7, 11) is 0. The summed E-state index contributed by atoms with van der Waals surface area (Å²) in [6, 6.07) is 0.336. The Morgan fingerprint density at radius 3 is 2.91 bits per heavy atom. The average Bonchev–Trinajstić information content (AvgIpc) is 1.98. The Hall–Kier alpha value is -0.830. The summed E-state index contributed by atoms with van der Waals surface area (Å²) in [6.45, 7) is 4.27. The lowest BCUT2D eigenvalue weighted by Gasteiger charge is -2.00. The van der Waals surface area contributed by atoms with Crippen molar-refractivity contribution in [3.63, 3.8) is 0 Å². The first-order chi connectivity index (χ1) is 5.24. The van der Waals surface area contributed by atoms with Gasteiger partial charge in [-0.3, -0.25) is 0 Å². The molecule has 1 rings (SSSR count). The molecule has 1 aromatic heterocycles. The summed E-state index contributed by atoms with van der Waals surface area (Å²) >= 11 is 5.72. The molecule has 0 bridgehead atoms. The largest absolute Gasteiger partial charge is 0.464 e. The van der Waals surface area contributed by atoms with Gasteiger partial charge in [-0.05, 0) is 13.8 Å². The Bertz CT molecular complexity index is 252. The first kappa shape index (κ1) is 8.27. The molecular formula is C7H9ClN2O. The van der Waals surface area contributed by atoms with Gasteiger partial charge in [0.25, 0.3) is 0 Å². The second-order valence-corrected chi connectivity index (χ2v) is 2.42. The molecule has 3 nitrogen and oxygen atoms in total. The highest BCUT2D eigenvalue weighted by molar-refractivity contribution is 6.30. The standard InChI is InChI=1S/C7H9ClN2O/c1-3-11-7-9-4-5(2)6(8)10-7/h4H,3H2,1-2H3.